The third-order valence-corrected chi connectivity index (χ3v) is 6.02. The highest BCUT2D eigenvalue weighted by molar-refractivity contribution is 6.10. The van der Waals surface area contributed by atoms with E-state index in [1.807, 2.05) is 30.0 Å². The van der Waals surface area contributed by atoms with Gasteiger partial charge >= 0.3 is 0 Å². The molecule has 28 heavy (non-hydrogen) atoms. The molecule has 3 heterocycles. The van der Waals surface area contributed by atoms with Crippen LogP contribution in [0.25, 0.3) is 11.0 Å². The first-order chi connectivity index (χ1) is 13.5. The second kappa shape index (κ2) is 6.33. The zero-order valence-corrected chi connectivity index (χ0v) is 16.2. The molecule has 5 rings (SSSR count). The molecule has 1 aromatic carbocycles. The SMILES string of the molecule is Cc1oc2c(c1C(=O)N1CCCC1c1nc3c(C)cccc3[nH]1)C(=O)CCC2. The lowest BCUT2D eigenvalue weighted by molar-refractivity contribution is 0.0724. The normalized spacial score (nSPS) is 19.4. The Morgan fingerprint density at radius 3 is 2.93 bits per heavy atom. The number of nitrogens with one attached hydrogen (secondary N) is 1. The highest BCUT2D eigenvalue weighted by Crippen LogP contribution is 2.36. The summed E-state index contributed by atoms with van der Waals surface area (Å²) in [5, 5.41) is 0. The third kappa shape index (κ3) is 2.51. The van der Waals surface area contributed by atoms with Gasteiger partial charge in [-0.05, 0) is 44.7 Å². The molecule has 144 valence electrons. The van der Waals surface area contributed by atoms with Crippen LogP contribution in [0.3, 0.4) is 0 Å². The lowest BCUT2D eigenvalue weighted by atomic mass is 9.93. The smallest absolute Gasteiger partial charge is 0.258 e. The van der Waals surface area contributed by atoms with E-state index >= 15 is 0 Å². The predicted molar refractivity (Wildman–Crippen MR) is 105 cm³/mol. The van der Waals surface area contributed by atoms with Gasteiger partial charge in [-0.1, -0.05) is 12.1 Å². The summed E-state index contributed by atoms with van der Waals surface area (Å²) in [7, 11) is 0. The number of furan rings is 1. The van der Waals surface area contributed by atoms with Crippen molar-refractivity contribution in [3.63, 3.8) is 0 Å². The Balaban J connectivity index is 1.54. The predicted octanol–water partition coefficient (Wildman–Crippen LogP) is 4.27. The monoisotopic (exact) mass is 377 g/mol. The van der Waals surface area contributed by atoms with E-state index in [-0.39, 0.29) is 17.7 Å². The quantitative estimate of drug-likeness (QED) is 0.723. The third-order valence-electron chi connectivity index (χ3n) is 6.02. The number of aryl methyl sites for hydroxylation is 3. The van der Waals surface area contributed by atoms with Gasteiger partial charge in [0, 0.05) is 19.4 Å². The van der Waals surface area contributed by atoms with Gasteiger partial charge in [0.25, 0.3) is 5.91 Å². The van der Waals surface area contributed by atoms with Gasteiger partial charge in [-0.3, -0.25) is 9.59 Å². The Bertz CT molecular complexity index is 1110. The summed E-state index contributed by atoms with van der Waals surface area (Å²) in [5.74, 6) is 1.95. The van der Waals surface area contributed by atoms with E-state index < -0.39 is 0 Å². The fourth-order valence-corrected chi connectivity index (χ4v) is 4.66. The Morgan fingerprint density at radius 1 is 1.25 bits per heavy atom. The second-order valence-corrected chi connectivity index (χ2v) is 7.86. The molecular weight excluding hydrogens is 354 g/mol. The molecule has 0 bridgehead atoms. The van der Waals surface area contributed by atoms with Crippen LogP contribution in [0.5, 0.6) is 0 Å². The van der Waals surface area contributed by atoms with E-state index in [0.29, 0.717) is 35.6 Å². The molecule has 0 spiro atoms. The van der Waals surface area contributed by atoms with Crippen LogP contribution in [0.4, 0.5) is 0 Å². The largest absolute Gasteiger partial charge is 0.465 e. The van der Waals surface area contributed by atoms with Crippen molar-refractivity contribution in [3.8, 4) is 0 Å². The molecule has 1 amide bonds. The van der Waals surface area contributed by atoms with Crippen molar-refractivity contribution in [1.82, 2.24) is 14.9 Å². The second-order valence-electron chi connectivity index (χ2n) is 7.86. The fraction of sp³-hybridized carbons (Fsp3) is 0.409. The maximum atomic E-state index is 13.5. The molecule has 1 unspecified atom stereocenters. The molecule has 2 aromatic heterocycles. The summed E-state index contributed by atoms with van der Waals surface area (Å²) in [6.07, 6.45) is 3.77. The molecule has 1 aliphatic heterocycles. The maximum Gasteiger partial charge on any atom is 0.258 e. The van der Waals surface area contributed by atoms with Crippen LogP contribution in [-0.2, 0) is 6.42 Å². The van der Waals surface area contributed by atoms with Crippen LogP contribution < -0.4 is 0 Å². The number of imidazole rings is 1. The highest BCUT2D eigenvalue weighted by atomic mass is 16.3. The zero-order chi connectivity index (χ0) is 19.4. The molecule has 1 aliphatic carbocycles. The Hall–Kier alpha value is -2.89. The van der Waals surface area contributed by atoms with Crippen molar-refractivity contribution in [2.24, 2.45) is 0 Å². The first-order valence-electron chi connectivity index (χ1n) is 9.96. The van der Waals surface area contributed by atoms with E-state index in [9.17, 15) is 9.59 Å². The van der Waals surface area contributed by atoms with Crippen molar-refractivity contribution in [2.75, 3.05) is 6.54 Å². The van der Waals surface area contributed by atoms with Crippen LogP contribution in [0.15, 0.2) is 22.6 Å². The van der Waals surface area contributed by atoms with Gasteiger partial charge in [0.05, 0.1) is 28.2 Å². The molecule has 3 aromatic rings. The summed E-state index contributed by atoms with van der Waals surface area (Å²) < 4.78 is 5.80. The number of nitrogens with zero attached hydrogens (tertiary/aromatic N) is 2. The molecule has 2 aliphatic rings. The molecule has 6 nitrogen and oxygen atoms in total. The molecular formula is C22H23N3O3. The Morgan fingerprint density at radius 2 is 2.11 bits per heavy atom. The first kappa shape index (κ1) is 17.2. The number of hydrogen-bond acceptors (Lipinski definition) is 4. The first-order valence-corrected chi connectivity index (χ1v) is 9.96. The highest BCUT2D eigenvalue weighted by Gasteiger charge is 2.38. The summed E-state index contributed by atoms with van der Waals surface area (Å²) in [4.78, 5) is 36.0. The van der Waals surface area contributed by atoms with Gasteiger partial charge in [0.15, 0.2) is 5.78 Å². The molecule has 0 radical (unpaired) electrons. The van der Waals surface area contributed by atoms with Crippen LogP contribution in [0.1, 0.15) is 75.3 Å². The number of H-pyrrole nitrogens is 1. The fourth-order valence-electron chi connectivity index (χ4n) is 4.66. The number of carbonyl (C=O) groups is 2. The average Bonchev–Trinajstić information content (AvgIpc) is 3.37. The van der Waals surface area contributed by atoms with E-state index in [0.717, 1.165) is 48.1 Å². The number of Topliss-reactive ketones (excluding diaryl/α,β-unsaturated/α-hetero) is 1. The van der Waals surface area contributed by atoms with E-state index in [1.54, 1.807) is 6.92 Å². The lowest BCUT2D eigenvalue weighted by Gasteiger charge is -2.23. The number of aromatic amines is 1. The number of hydrogen-bond donors (Lipinski definition) is 1. The number of para-hydroxylation sites is 1. The number of fused-ring (bicyclic) bond motifs is 2. The van der Waals surface area contributed by atoms with Gasteiger partial charge < -0.3 is 14.3 Å². The number of benzene rings is 1. The van der Waals surface area contributed by atoms with Gasteiger partial charge in [-0.2, -0.15) is 0 Å². The molecule has 1 saturated heterocycles. The topological polar surface area (TPSA) is 79.2 Å². The number of amides is 1. The molecule has 1 N–H and O–H groups in total. The summed E-state index contributed by atoms with van der Waals surface area (Å²) in [6, 6.07) is 5.94. The number of likely N-dealkylation sites (tertiary alicyclic amines) is 1. The van der Waals surface area contributed by atoms with Gasteiger partial charge in [-0.25, -0.2) is 4.98 Å². The van der Waals surface area contributed by atoms with Crippen molar-refractivity contribution in [3.05, 3.63) is 52.2 Å². The summed E-state index contributed by atoms with van der Waals surface area (Å²) >= 11 is 0. The number of carbonyl (C=O) groups excluding carboxylic acids is 2. The number of ketones is 1. The zero-order valence-electron chi connectivity index (χ0n) is 16.2. The molecule has 0 saturated carbocycles. The number of rotatable bonds is 2. The molecule has 1 atom stereocenters. The number of aromatic nitrogens is 2. The van der Waals surface area contributed by atoms with E-state index in [4.69, 9.17) is 9.40 Å². The Kier molecular flexibility index (Phi) is 3.89. The van der Waals surface area contributed by atoms with E-state index in [2.05, 4.69) is 4.98 Å². The van der Waals surface area contributed by atoms with Crippen LogP contribution >= 0.6 is 0 Å². The minimum absolute atomic E-state index is 0.0246. The maximum absolute atomic E-state index is 13.5. The summed E-state index contributed by atoms with van der Waals surface area (Å²) in [6.45, 7) is 4.48. The minimum atomic E-state index is -0.113. The lowest BCUT2D eigenvalue weighted by Crippen LogP contribution is -2.32. The van der Waals surface area contributed by atoms with Crippen LogP contribution in [-0.4, -0.2) is 33.1 Å². The van der Waals surface area contributed by atoms with Crippen LogP contribution in [0.2, 0.25) is 0 Å². The van der Waals surface area contributed by atoms with Crippen LogP contribution in [0, 0.1) is 13.8 Å². The summed E-state index contributed by atoms with van der Waals surface area (Å²) in [5.41, 5.74) is 4.02. The van der Waals surface area contributed by atoms with E-state index in [1.165, 1.54) is 0 Å². The van der Waals surface area contributed by atoms with Crippen molar-refractivity contribution < 1.29 is 14.0 Å². The van der Waals surface area contributed by atoms with Crippen molar-refractivity contribution in [1.29, 1.82) is 0 Å². The van der Waals surface area contributed by atoms with Gasteiger partial charge in [0.1, 0.15) is 17.3 Å². The Labute approximate surface area is 162 Å². The molecule has 1 fully saturated rings. The van der Waals surface area contributed by atoms with Crippen molar-refractivity contribution >= 4 is 22.7 Å². The standard InChI is InChI=1S/C22H23N3O3/c1-12-6-3-7-14-20(12)24-21(23-14)15-8-5-11-25(15)22(27)18-13(2)28-17-10-4-9-16(26)19(17)18/h3,6-7,15H,4-5,8-11H2,1-2H3,(H,23,24). The van der Waals surface area contributed by atoms with Gasteiger partial charge in [0.2, 0.25) is 0 Å². The minimum Gasteiger partial charge on any atom is -0.465 e. The average molecular weight is 377 g/mol. The molecule has 6 heteroatoms. The van der Waals surface area contributed by atoms with Crippen molar-refractivity contribution in [2.45, 2.75) is 52.0 Å². The van der Waals surface area contributed by atoms with Gasteiger partial charge in [-0.15, -0.1) is 0 Å².